The third kappa shape index (κ3) is 2.55. The van der Waals surface area contributed by atoms with E-state index in [0.717, 1.165) is 24.1 Å². The standard InChI is InChI=1S/C16H17FN2O2/c1-10-5-6-13(17)12(8-10)16(20)19-7-3-4-14(19)15-9-11(2)18-21-15/h5-6,8-9,14H,3-4,7H2,1-2H3. The lowest BCUT2D eigenvalue weighted by Gasteiger charge is -2.23. The van der Waals surface area contributed by atoms with Gasteiger partial charge in [0.05, 0.1) is 17.3 Å². The van der Waals surface area contributed by atoms with Crippen molar-refractivity contribution in [2.45, 2.75) is 32.7 Å². The largest absolute Gasteiger partial charge is 0.359 e. The molecule has 1 aromatic carbocycles. The summed E-state index contributed by atoms with van der Waals surface area (Å²) in [5.74, 6) is -0.0934. The molecule has 1 fully saturated rings. The third-order valence-electron chi connectivity index (χ3n) is 3.84. The van der Waals surface area contributed by atoms with E-state index in [1.165, 1.54) is 6.07 Å². The molecule has 1 amide bonds. The quantitative estimate of drug-likeness (QED) is 0.850. The first-order chi connectivity index (χ1) is 10.1. The van der Waals surface area contributed by atoms with Gasteiger partial charge < -0.3 is 9.42 Å². The summed E-state index contributed by atoms with van der Waals surface area (Å²) in [5.41, 5.74) is 1.77. The Labute approximate surface area is 122 Å². The van der Waals surface area contributed by atoms with Crippen LogP contribution in [0.4, 0.5) is 4.39 Å². The van der Waals surface area contributed by atoms with Gasteiger partial charge in [-0.05, 0) is 38.8 Å². The zero-order chi connectivity index (χ0) is 15.0. The summed E-state index contributed by atoms with van der Waals surface area (Å²) < 4.78 is 19.2. The average Bonchev–Trinajstić information content (AvgIpc) is 3.09. The monoisotopic (exact) mass is 288 g/mol. The zero-order valence-electron chi connectivity index (χ0n) is 12.1. The number of aromatic nitrogens is 1. The number of likely N-dealkylation sites (tertiary alicyclic amines) is 1. The van der Waals surface area contributed by atoms with Crippen LogP contribution in [-0.4, -0.2) is 22.5 Å². The topological polar surface area (TPSA) is 46.3 Å². The number of carbonyl (C=O) groups is 1. The summed E-state index contributed by atoms with van der Waals surface area (Å²) in [5, 5.41) is 3.87. The number of benzene rings is 1. The highest BCUT2D eigenvalue weighted by Gasteiger charge is 2.34. The Hall–Kier alpha value is -2.17. The van der Waals surface area contributed by atoms with Gasteiger partial charge in [0.15, 0.2) is 5.76 Å². The minimum Gasteiger partial charge on any atom is -0.359 e. The third-order valence-corrected chi connectivity index (χ3v) is 3.84. The van der Waals surface area contributed by atoms with Crippen molar-refractivity contribution in [1.82, 2.24) is 10.1 Å². The van der Waals surface area contributed by atoms with Gasteiger partial charge in [0.1, 0.15) is 5.82 Å². The fraction of sp³-hybridized carbons (Fsp3) is 0.375. The van der Waals surface area contributed by atoms with E-state index < -0.39 is 5.82 Å². The van der Waals surface area contributed by atoms with Crippen LogP contribution in [0.15, 0.2) is 28.8 Å². The maximum absolute atomic E-state index is 13.9. The molecule has 0 spiro atoms. The highest BCUT2D eigenvalue weighted by Crippen LogP contribution is 2.33. The first-order valence-electron chi connectivity index (χ1n) is 7.06. The SMILES string of the molecule is Cc1ccc(F)c(C(=O)N2CCCC2c2cc(C)no2)c1. The van der Waals surface area contributed by atoms with Crippen molar-refractivity contribution in [1.29, 1.82) is 0 Å². The molecular formula is C16H17FN2O2. The minimum absolute atomic E-state index is 0.123. The van der Waals surface area contributed by atoms with Crippen LogP contribution < -0.4 is 0 Å². The first kappa shape index (κ1) is 13.8. The van der Waals surface area contributed by atoms with Gasteiger partial charge in [-0.25, -0.2) is 4.39 Å². The van der Waals surface area contributed by atoms with Crippen LogP contribution in [0.3, 0.4) is 0 Å². The molecule has 1 aliphatic heterocycles. The molecule has 1 unspecified atom stereocenters. The molecule has 2 aromatic rings. The zero-order valence-corrected chi connectivity index (χ0v) is 12.1. The number of aryl methyl sites for hydroxylation is 2. The molecule has 0 radical (unpaired) electrons. The Morgan fingerprint density at radius 2 is 2.19 bits per heavy atom. The summed E-state index contributed by atoms with van der Waals surface area (Å²) in [6, 6.07) is 6.28. The van der Waals surface area contributed by atoms with E-state index in [1.54, 1.807) is 17.0 Å². The van der Waals surface area contributed by atoms with E-state index in [0.29, 0.717) is 12.3 Å². The summed E-state index contributed by atoms with van der Waals surface area (Å²) in [6.45, 7) is 4.29. The van der Waals surface area contributed by atoms with E-state index in [4.69, 9.17) is 4.52 Å². The first-order valence-corrected chi connectivity index (χ1v) is 7.06. The smallest absolute Gasteiger partial charge is 0.257 e. The van der Waals surface area contributed by atoms with Gasteiger partial charge in [-0.15, -0.1) is 0 Å². The van der Waals surface area contributed by atoms with Crippen molar-refractivity contribution in [3.63, 3.8) is 0 Å². The highest BCUT2D eigenvalue weighted by atomic mass is 19.1. The minimum atomic E-state index is -0.481. The molecule has 0 saturated carbocycles. The van der Waals surface area contributed by atoms with Crippen molar-refractivity contribution in [2.75, 3.05) is 6.54 Å². The number of hydrogen-bond donors (Lipinski definition) is 0. The van der Waals surface area contributed by atoms with Gasteiger partial charge in [-0.1, -0.05) is 16.8 Å². The van der Waals surface area contributed by atoms with Crippen molar-refractivity contribution < 1.29 is 13.7 Å². The Morgan fingerprint density at radius 3 is 2.90 bits per heavy atom. The van der Waals surface area contributed by atoms with Gasteiger partial charge in [-0.2, -0.15) is 0 Å². The van der Waals surface area contributed by atoms with Gasteiger partial charge in [-0.3, -0.25) is 4.79 Å². The molecule has 110 valence electrons. The predicted octanol–water partition coefficient (Wildman–Crippen LogP) is 3.41. The van der Waals surface area contributed by atoms with Gasteiger partial charge in [0.2, 0.25) is 0 Å². The van der Waals surface area contributed by atoms with Crippen LogP contribution >= 0.6 is 0 Å². The van der Waals surface area contributed by atoms with Crippen molar-refractivity contribution >= 4 is 5.91 Å². The summed E-state index contributed by atoms with van der Waals surface area (Å²) in [4.78, 5) is 14.3. The number of carbonyl (C=O) groups excluding carboxylic acids is 1. The second kappa shape index (κ2) is 5.31. The Bertz CT molecular complexity index is 681. The molecule has 21 heavy (non-hydrogen) atoms. The number of amides is 1. The summed E-state index contributed by atoms with van der Waals surface area (Å²) >= 11 is 0. The maximum Gasteiger partial charge on any atom is 0.257 e. The van der Waals surface area contributed by atoms with E-state index in [9.17, 15) is 9.18 Å². The molecular weight excluding hydrogens is 271 g/mol. The normalized spacial score (nSPS) is 18.2. The van der Waals surface area contributed by atoms with E-state index in [-0.39, 0.29) is 17.5 Å². The van der Waals surface area contributed by atoms with Gasteiger partial charge >= 0.3 is 0 Å². The Morgan fingerprint density at radius 1 is 1.38 bits per heavy atom. The fourth-order valence-corrected chi connectivity index (χ4v) is 2.80. The van der Waals surface area contributed by atoms with E-state index in [2.05, 4.69) is 5.16 Å². The summed E-state index contributed by atoms with van der Waals surface area (Å²) in [6.07, 6.45) is 1.69. The molecule has 0 aliphatic carbocycles. The van der Waals surface area contributed by atoms with Crippen LogP contribution in [0.1, 0.15) is 46.3 Å². The van der Waals surface area contributed by atoms with Crippen molar-refractivity contribution in [3.05, 3.63) is 52.7 Å². The van der Waals surface area contributed by atoms with Crippen molar-refractivity contribution in [2.24, 2.45) is 0 Å². The molecule has 0 N–H and O–H groups in total. The van der Waals surface area contributed by atoms with Crippen LogP contribution in [0.25, 0.3) is 0 Å². The second-order valence-electron chi connectivity index (χ2n) is 5.51. The number of rotatable bonds is 2. The predicted molar refractivity (Wildman–Crippen MR) is 75.4 cm³/mol. The number of hydrogen-bond acceptors (Lipinski definition) is 3. The van der Waals surface area contributed by atoms with Crippen LogP contribution in [-0.2, 0) is 0 Å². The molecule has 5 heteroatoms. The summed E-state index contributed by atoms with van der Waals surface area (Å²) in [7, 11) is 0. The van der Waals surface area contributed by atoms with Crippen molar-refractivity contribution in [3.8, 4) is 0 Å². The number of halogens is 1. The lowest BCUT2D eigenvalue weighted by Crippen LogP contribution is -2.31. The molecule has 1 aromatic heterocycles. The Balaban J connectivity index is 1.91. The maximum atomic E-state index is 13.9. The van der Waals surface area contributed by atoms with Crippen LogP contribution in [0.5, 0.6) is 0 Å². The highest BCUT2D eigenvalue weighted by molar-refractivity contribution is 5.95. The molecule has 1 atom stereocenters. The molecule has 1 aliphatic rings. The second-order valence-corrected chi connectivity index (χ2v) is 5.51. The molecule has 4 nitrogen and oxygen atoms in total. The molecule has 0 bridgehead atoms. The van der Waals surface area contributed by atoms with Crippen LogP contribution in [0, 0.1) is 19.7 Å². The van der Waals surface area contributed by atoms with Gasteiger partial charge in [0.25, 0.3) is 5.91 Å². The molecule has 2 heterocycles. The average molecular weight is 288 g/mol. The molecule has 1 saturated heterocycles. The number of nitrogens with zero attached hydrogens (tertiary/aromatic N) is 2. The lowest BCUT2D eigenvalue weighted by atomic mass is 10.1. The van der Waals surface area contributed by atoms with E-state index in [1.807, 2.05) is 19.9 Å². The molecule has 3 rings (SSSR count). The lowest BCUT2D eigenvalue weighted by molar-refractivity contribution is 0.0709. The van der Waals surface area contributed by atoms with Gasteiger partial charge in [0, 0.05) is 12.6 Å². The fourth-order valence-electron chi connectivity index (χ4n) is 2.80. The Kier molecular flexibility index (Phi) is 3.49. The van der Waals surface area contributed by atoms with Crippen LogP contribution in [0.2, 0.25) is 0 Å². The van der Waals surface area contributed by atoms with E-state index >= 15 is 0 Å².